The smallest absolute Gasteiger partial charge is 0.238 e. The summed E-state index contributed by atoms with van der Waals surface area (Å²) in [4.78, 5) is 14.0. The van der Waals surface area contributed by atoms with Crippen molar-refractivity contribution in [2.24, 2.45) is 11.7 Å². The normalized spacial score (nSPS) is 23.5. The molecule has 0 radical (unpaired) electrons. The Morgan fingerprint density at radius 3 is 3.05 bits per heavy atom. The zero-order valence-electron chi connectivity index (χ0n) is 11.1. The van der Waals surface area contributed by atoms with E-state index in [1.54, 1.807) is 12.1 Å². The highest BCUT2D eigenvalue weighted by atomic mass is 19.1. The van der Waals surface area contributed by atoms with E-state index in [2.05, 4.69) is 17.1 Å². The fourth-order valence-electron chi connectivity index (χ4n) is 2.62. The molecule has 1 aliphatic heterocycles. The van der Waals surface area contributed by atoms with Crippen molar-refractivity contribution in [3.05, 3.63) is 30.1 Å². The summed E-state index contributed by atoms with van der Waals surface area (Å²) in [7, 11) is 0. The van der Waals surface area contributed by atoms with E-state index in [0.29, 0.717) is 24.7 Å². The van der Waals surface area contributed by atoms with E-state index in [-0.39, 0.29) is 17.8 Å². The van der Waals surface area contributed by atoms with Crippen LogP contribution in [0.25, 0.3) is 0 Å². The minimum atomic E-state index is -0.354. The highest BCUT2D eigenvalue weighted by molar-refractivity contribution is 5.92. The minimum absolute atomic E-state index is 0.127. The second-order valence-corrected chi connectivity index (χ2v) is 5.10. The number of carbonyl (C=O) groups excluding carboxylic acids is 1. The van der Waals surface area contributed by atoms with Crippen molar-refractivity contribution < 1.29 is 9.18 Å². The molecule has 0 spiro atoms. The number of likely N-dealkylation sites (tertiary alicyclic amines) is 1. The lowest BCUT2D eigenvalue weighted by Crippen LogP contribution is -2.42. The molecule has 1 aliphatic rings. The zero-order chi connectivity index (χ0) is 13.8. The van der Waals surface area contributed by atoms with Crippen LogP contribution in [-0.2, 0) is 4.79 Å². The Morgan fingerprint density at radius 2 is 2.37 bits per heavy atom. The summed E-state index contributed by atoms with van der Waals surface area (Å²) in [5.41, 5.74) is 6.23. The van der Waals surface area contributed by atoms with Crippen LogP contribution < -0.4 is 11.1 Å². The van der Waals surface area contributed by atoms with E-state index in [4.69, 9.17) is 5.73 Å². The molecular formula is C14H20FN3O. The molecule has 104 valence electrons. The average Bonchev–Trinajstić information content (AvgIpc) is 2.69. The molecule has 1 aromatic rings. The lowest BCUT2D eigenvalue weighted by Gasteiger charge is -2.24. The first kappa shape index (κ1) is 14.0. The summed E-state index contributed by atoms with van der Waals surface area (Å²) in [6.45, 7) is 3.92. The van der Waals surface area contributed by atoms with Gasteiger partial charge in [-0.3, -0.25) is 9.69 Å². The first-order valence-corrected chi connectivity index (χ1v) is 6.59. The van der Waals surface area contributed by atoms with Crippen molar-refractivity contribution in [1.82, 2.24) is 4.90 Å². The van der Waals surface area contributed by atoms with Crippen molar-refractivity contribution in [2.75, 3.05) is 25.0 Å². The number of hydrogen-bond acceptors (Lipinski definition) is 3. The quantitative estimate of drug-likeness (QED) is 0.866. The second-order valence-electron chi connectivity index (χ2n) is 5.10. The van der Waals surface area contributed by atoms with Crippen LogP contribution in [0.15, 0.2) is 24.3 Å². The number of rotatable bonds is 4. The maximum atomic E-state index is 13.0. The standard InChI is InChI=1S/C14H20FN3O/c1-10-5-6-18(13(10)8-16)9-14(19)17-12-4-2-3-11(15)7-12/h2-4,7,10,13H,5-6,8-9,16H2,1H3,(H,17,19). The van der Waals surface area contributed by atoms with Gasteiger partial charge in [0.05, 0.1) is 6.54 Å². The molecule has 1 fully saturated rings. The molecule has 1 saturated heterocycles. The maximum Gasteiger partial charge on any atom is 0.238 e. The van der Waals surface area contributed by atoms with Crippen molar-refractivity contribution in [3.63, 3.8) is 0 Å². The van der Waals surface area contributed by atoms with Gasteiger partial charge in [0.1, 0.15) is 5.82 Å². The highest BCUT2D eigenvalue weighted by Crippen LogP contribution is 2.22. The topological polar surface area (TPSA) is 58.4 Å². The van der Waals surface area contributed by atoms with Gasteiger partial charge in [-0.05, 0) is 37.1 Å². The van der Waals surface area contributed by atoms with Crippen LogP contribution in [0.3, 0.4) is 0 Å². The Morgan fingerprint density at radius 1 is 1.58 bits per heavy atom. The van der Waals surface area contributed by atoms with E-state index >= 15 is 0 Å². The largest absolute Gasteiger partial charge is 0.329 e. The fourth-order valence-corrected chi connectivity index (χ4v) is 2.62. The molecule has 0 aliphatic carbocycles. The van der Waals surface area contributed by atoms with E-state index < -0.39 is 0 Å². The third-order valence-corrected chi connectivity index (χ3v) is 3.69. The molecule has 2 atom stereocenters. The summed E-state index contributed by atoms with van der Waals surface area (Å²) in [5.74, 6) is 0.0394. The first-order valence-electron chi connectivity index (χ1n) is 6.59. The average molecular weight is 265 g/mol. The number of nitrogens with zero attached hydrogens (tertiary/aromatic N) is 1. The predicted molar refractivity (Wildman–Crippen MR) is 73.2 cm³/mol. The van der Waals surface area contributed by atoms with Gasteiger partial charge < -0.3 is 11.1 Å². The Kier molecular flexibility index (Phi) is 4.50. The number of benzene rings is 1. The monoisotopic (exact) mass is 265 g/mol. The minimum Gasteiger partial charge on any atom is -0.329 e. The Labute approximate surface area is 112 Å². The molecule has 5 heteroatoms. The Hall–Kier alpha value is -1.46. The molecule has 3 N–H and O–H groups in total. The number of hydrogen-bond donors (Lipinski definition) is 2. The fraction of sp³-hybridized carbons (Fsp3) is 0.500. The Bertz CT molecular complexity index is 452. The van der Waals surface area contributed by atoms with Crippen LogP contribution >= 0.6 is 0 Å². The summed E-state index contributed by atoms with van der Waals surface area (Å²) >= 11 is 0. The molecule has 4 nitrogen and oxygen atoms in total. The molecule has 1 amide bonds. The SMILES string of the molecule is CC1CCN(CC(=O)Nc2cccc(F)c2)C1CN. The van der Waals surface area contributed by atoms with E-state index in [1.807, 2.05) is 0 Å². The molecule has 0 bridgehead atoms. The van der Waals surface area contributed by atoms with E-state index in [0.717, 1.165) is 13.0 Å². The molecular weight excluding hydrogens is 245 g/mol. The number of halogens is 1. The van der Waals surface area contributed by atoms with Gasteiger partial charge in [0.15, 0.2) is 0 Å². The lowest BCUT2D eigenvalue weighted by atomic mass is 10.0. The van der Waals surface area contributed by atoms with Gasteiger partial charge >= 0.3 is 0 Å². The van der Waals surface area contributed by atoms with Gasteiger partial charge in [0.2, 0.25) is 5.91 Å². The first-order chi connectivity index (χ1) is 9.10. The van der Waals surface area contributed by atoms with Crippen LogP contribution in [-0.4, -0.2) is 36.5 Å². The van der Waals surface area contributed by atoms with Gasteiger partial charge in [-0.15, -0.1) is 0 Å². The summed E-state index contributed by atoms with van der Waals surface area (Å²) < 4.78 is 13.0. The number of anilines is 1. The van der Waals surface area contributed by atoms with Gasteiger partial charge in [0.25, 0.3) is 0 Å². The molecule has 19 heavy (non-hydrogen) atoms. The van der Waals surface area contributed by atoms with Crippen molar-refractivity contribution in [2.45, 2.75) is 19.4 Å². The van der Waals surface area contributed by atoms with Gasteiger partial charge in [0, 0.05) is 18.3 Å². The summed E-state index contributed by atoms with van der Waals surface area (Å²) in [6.07, 6.45) is 1.06. The van der Waals surface area contributed by atoms with Crippen molar-refractivity contribution in [1.29, 1.82) is 0 Å². The van der Waals surface area contributed by atoms with Gasteiger partial charge in [-0.25, -0.2) is 4.39 Å². The van der Waals surface area contributed by atoms with Crippen LogP contribution in [0.1, 0.15) is 13.3 Å². The molecule has 1 heterocycles. The van der Waals surface area contributed by atoms with Gasteiger partial charge in [-0.1, -0.05) is 13.0 Å². The number of carbonyl (C=O) groups is 1. The third kappa shape index (κ3) is 3.52. The molecule has 1 aromatic carbocycles. The van der Waals surface area contributed by atoms with Crippen LogP contribution in [0.4, 0.5) is 10.1 Å². The molecule has 2 unspecified atom stereocenters. The number of amides is 1. The maximum absolute atomic E-state index is 13.0. The van der Waals surface area contributed by atoms with Crippen molar-refractivity contribution in [3.8, 4) is 0 Å². The number of nitrogens with two attached hydrogens (primary N) is 1. The second kappa shape index (κ2) is 6.12. The summed E-state index contributed by atoms with van der Waals surface area (Å²) in [6, 6.07) is 6.17. The van der Waals surface area contributed by atoms with Gasteiger partial charge in [-0.2, -0.15) is 0 Å². The zero-order valence-corrected chi connectivity index (χ0v) is 11.1. The van der Waals surface area contributed by atoms with Crippen LogP contribution in [0, 0.1) is 11.7 Å². The lowest BCUT2D eigenvalue weighted by molar-refractivity contribution is -0.117. The predicted octanol–water partition coefficient (Wildman–Crippen LogP) is 1.43. The summed E-state index contributed by atoms with van der Waals surface area (Å²) in [5, 5.41) is 2.71. The highest BCUT2D eigenvalue weighted by Gasteiger charge is 2.30. The van der Waals surface area contributed by atoms with Crippen LogP contribution in [0.2, 0.25) is 0 Å². The number of nitrogens with one attached hydrogen (secondary N) is 1. The third-order valence-electron chi connectivity index (χ3n) is 3.69. The Balaban J connectivity index is 1.91. The molecule has 2 rings (SSSR count). The molecule has 0 saturated carbocycles. The van der Waals surface area contributed by atoms with E-state index in [1.165, 1.54) is 12.1 Å². The van der Waals surface area contributed by atoms with Crippen molar-refractivity contribution >= 4 is 11.6 Å². The molecule has 0 aromatic heterocycles. The van der Waals surface area contributed by atoms with E-state index in [9.17, 15) is 9.18 Å². The van der Waals surface area contributed by atoms with Crippen LogP contribution in [0.5, 0.6) is 0 Å².